The largest absolute Gasteiger partial charge is 0.491 e. The van der Waals surface area contributed by atoms with Gasteiger partial charge < -0.3 is 14.8 Å². The zero-order chi connectivity index (χ0) is 16.5. The number of benzene rings is 2. The molecule has 2 aromatic carbocycles. The van der Waals surface area contributed by atoms with Gasteiger partial charge in [0.1, 0.15) is 12.4 Å². The fraction of sp³-hybridized carbons (Fsp3) is 0.400. The Hall–Kier alpha value is -1.84. The van der Waals surface area contributed by atoms with Crippen LogP contribution in [0.2, 0.25) is 0 Å². The number of hydrogen-bond donors (Lipinski definition) is 1. The fourth-order valence-electron chi connectivity index (χ4n) is 2.63. The summed E-state index contributed by atoms with van der Waals surface area (Å²) in [4.78, 5) is 0. The van der Waals surface area contributed by atoms with Gasteiger partial charge in [-0.15, -0.1) is 0 Å². The SMILES string of the molecule is COCCOc1ccccc1C(C)NCCc1ccccc1C. The van der Waals surface area contributed by atoms with Crippen molar-refractivity contribution in [3.05, 3.63) is 65.2 Å². The van der Waals surface area contributed by atoms with Crippen LogP contribution in [0.3, 0.4) is 0 Å². The first-order valence-electron chi connectivity index (χ1n) is 8.21. The van der Waals surface area contributed by atoms with Crippen LogP contribution in [0.4, 0.5) is 0 Å². The van der Waals surface area contributed by atoms with Crippen LogP contribution in [-0.2, 0) is 11.2 Å². The average Bonchev–Trinajstić information content (AvgIpc) is 2.57. The molecule has 0 spiro atoms. The number of hydrogen-bond acceptors (Lipinski definition) is 3. The molecule has 1 unspecified atom stereocenters. The molecule has 0 aromatic heterocycles. The third kappa shape index (κ3) is 5.38. The van der Waals surface area contributed by atoms with Gasteiger partial charge in [-0.2, -0.15) is 0 Å². The summed E-state index contributed by atoms with van der Waals surface area (Å²) in [5.41, 5.74) is 3.94. The quantitative estimate of drug-likeness (QED) is 0.712. The molecule has 1 atom stereocenters. The molecule has 0 saturated heterocycles. The van der Waals surface area contributed by atoms with Crippen molar-refractivity contribution in [1.29, 1.82) is 0 Å². The molecule has 0 radical (unpaired) electrons. The number of para-hydroxylation sites is 1. The number of aryl methyl sites for hydroxylation is 1. The van der Waals surface area contributed by atoms with Crippen LogP contribution in [0.25, 0.3) is 0 Å². The molecule has 0 amide bonds. The number of ether oxygens (including phenoxy) is 2. The Morgan fingerprint density at radius 2 is 1.74 bits per heavy atom. The van der Waals surface area contributed by atoms with E-state index in [1.165, 1.54) is 16.7 Å². The lowest BCUT2D eigenvalue weighted by molar-refractivity contribution is 0.145. The molecular formula is C20H27NO2. The molecule has 2 rings (SSSR count). The second-order valence-electron chi connectivity index (χ2n) is 5.73. The van der Waals surface area contributed by atoms with E-state index in [-0.39, 0.29) is 6.04 Å². The first kappa shape index (κ1) is 17.5. The van der Waals surface area contributed by atoms with E-state index in [2.05, 4.69) is 55.6 Å². The molecule has 23 heavy (non-hydrogen) atoms. The highest BCUT2D eigenvalue weighted by atomic mass is 16.5. The van der Waals surface area contributed by atoms with Gasteiger partial charge in [0.25, 0.3) is 0 Å². The zero-order valence-corrected chi connectivity index (χ0v) is 14.3. The van der Waals surface area contributed by atoms with Gasteiger partial charge in [0.15, 0.2) is 0 Å². The molecule has 0 saturated carbocycles. The van der Waals surface area contributed by atoms with Crippen molar-refractivity contribution in [1.82, 2.24) is 5.32 Å². The monoisotopic (exact) mass is 313 g/mol. The summed E-state index contributed by atoms with van der Waals surface area (Å²) in [5.74, 6) is 0.931. The molecule has 0 heterocycles. The van der Waals surface area contributed by atoms with Gasteiger partial charge in [-0.3, -0.25) is 0 Å². The van der Waals surface area contributed by atoms with Crippen LogP contribution in [0.1, 0.15) is 29.7 Å². The summed E-state index contributed by atoms with van der Waals surface area (Å²) >= 11 is 0. The van der Waals surface area contributed by atoms with E-state index in [9.17, 15) is 0 Å². The Kier molecular flexibility index (Phi) is 7.11. The van der Waals surface area contributed by atoms with Crippen LogP contribution in [0.15, 0.2) is 48.5 Å². The minimum atomic E-state index is 0.248. The zero-order valence-electron chi connectivity index (χ0n) is 14.3. The Bertz CT molecular complexity index is 598. The predicted molar refractivity (Wildman–Crippen MR) is 95.1 cm³/mol. The molecule has 0 aliphatic rings. The van der Waals surface area contributed by atoms with E-state index in [0.717, 1.165) is 18.7 Å². The van der Waals surface area contributed by atoms with E-state index in [0.29, 0.717) is 13.2 Å². The molecular weight excluding hydrogens is 286 g/mol. The average molecular weight is 313 g/mol. The minimum absolute atomic E-state index is 0.248. The van der Waals surface area contributed by atoms with E-state index in [1.54, 1.807) is 7.11 Å². The summed E-state index contributed by atoms with van der Waals surface area (Å²) in [6, 6.07) is 17.0. The summed E-state index contributed by atoms with van der Waals surface area (Å²) in [6.45, 7) is 6.46. The number of nitrogens with one attached hydrogen (secondary N) is 1. The van der Waals surface area contributed by atoms with Crippen molar-refractivity contribution in [2.24, 2.45) is 0 Å². The third-order valence-corrected chi connectivity index (χ3v) is 4.04. The second kappa shape index (κ2) is 9.33. The highest BCUT2D eigenvalue weighted by molar-refractivity contribution is 5.35. The van der Waals surface area contributed by atoms with Crippen molar-refractivity contribution in [3.63, 3.8) is 0 Å². The van der Waals surface area contributed by atoms with Gasteiger partial charge in [-0.1, -0.05) is 42.5 Å². The first-order chi connectivity index (χ1) is 11.2. The molecule has 124 valence electrons. The van der Waals surface area contributed by atoms with E-state index in [4.69, 9.17) is 9.47 Å². The summed E-state index contributed by atoms with van der Waals surface area (Å²) in [5, 5.41) is 3.59. The highest BCUT2D eigenvalue weighted by Gasteiger charge is 2.10. The van der Waals surface area contributed by atoms with Gasteiger partial charge in [0, 0.05) is 18.7 Å². The summed E-state index contributed by atoms with van der Waals surface area (Å²) < 4.78 is 10.9. The summed E-state index contributed by atoms with van der Waals surface area (Å²) in [7, 11) is 1.69. The molecule has 1 N–H and O–H groups in total. The molecule has 0 fully saturated rings. The van der Waals surface area contributed by atoms with E-state index in [1.807, 2.05) is 12.1 Å². The maximum Gasteiger partial charge on any atom is 0.124 e. The maximum absolute atomic E-state index is 5.82. The second-order valence-corrected chi connectivity index (χ2v) is 5.73. The molecule has 2 aromatic rings. The van der Waals surface area contributed by atoms with Gasteiger partial charge in [-0.25, -0.2) is 0 Å². The van der Waals surface area contributed by atoms with E-state index >= 15 is 0 Å². The van der Waals surface area contributed by atoms with Crippen molar-refractivity contribution in [2.45, 2.75) is 26.3 Å². The lowest BCUT2D eigenvalue weighted by Gasteiger charge is -2.18. The lowest BCUT2D eigenvalue weighted by atomic mass is 10.0. The van der Waals surface area contributed by atoms with Crippen LogP contribution in [0, 0.1) is 6.92 Å². The van der Waals surface area contributed by atoms with Gasteiger partial charge in [0.2, 0.25) is 0 Å². The molecule has 0 aliphatic heterocycles. The predicted octanol–water partition coefficient (Wildman–Crippen LogP) is 3.91. The van der Waals surface area contributed by atoms with Crippen LogP contribution >= 0.6 is 0 Å². The van der Waals surface area contributed by atoms with Crippen molar-refractivity contribution in [2.75, 3.05) is 26.9 Å². The van der Waals surface area contributed by atoms with Crippen molar-refractivity contribution >= 4 is 0 Å². The van der Waals surface area contributed by atoms with Gasteiger partial charge in [-0.05, 0) is 44.0 Å². The molecule has 0 aliphatic carbocycles. The highest BCUT2D eigenvalue weighted by Crippen LogP contribution is 2.24. The fourth-order valence-corrected chi connectivity index (χ4v) is 2.63. The smallest absolute Gasteiger partial charge is 0.124 e. The minimum Gasteiger partial charge on any atom is -0.491 e. The van der Waals surface area contributed by atoms with Gasteiger partial charge in [0.05, 0.1) is 6.61 Å². The van der Waals surface area contributed by atoms with Crippen LogP contribution in [-0.4, -0.2) is 26.9 Å². The molecule has 0 bridgehead atoms. The van der Waals surface area contributed by atoms with Crippen molar-refractivity contribution in [3.8, 4) is 5.75 Å². The summed E-state index contributed by atoms with van der Waals surface area (Å²) in [6.07, 6.45) is 1.03. The van der Waals surface area contributed by atoms with Gasteiger partial charge >= 0.3 is 0 Å². The first-order valence-corrected chi connectivity index (χ1v) is 8.21. The molecule has 3 heteroatoms. The van der Waals surface area contributed by atoms with Crippen LogP contribution < -0.4 is 10.1 Å². The maximum atomic E-state index is 5.82. The molecule has 3 nitrogen and oxygen atoms in total. The lowest BCUT2D eigenvalue weighted by Crippen LogP contribution is -2.22. The Morgan fingerprint density at radius 1 is 1.00 bits per heavy atom. The van der Waals surface area contributed by atoms with Crippen LogP contribution in [0.5, 0.6) is 5.75 Å². The standard InChI is InChI=1S/C20H27NO2/c1-16-8-4-5-9-18(16)12-13-21-17(2)19-10-6-7-11-20(19)23-15-14-22-3/h4-11,17,21H,12-15H2,1-3H3. The number of rotatable bonds is 9. The Balaban J connectivity index is 1.90. The normalized spacial score (nSPS) is 12.1. The third-order valence-electron chi connectivity index (χ3n) is 4.04. The Morgan fingerprint density at radius 3 is 2.52 bits per heavy atom. The van der Waals surface area contributed by atoms with E-state index < -0.39 is 0 Å². The Labute approximate surface area is 139 Å². The van der Waals surface area contributed by atoms with Crippen molar-refractivity contribution < 1.29 is 9.47 Å². The number of methoxy groups -OCH3 is 1. The topological polar surface area (TPSA) is 30.5 Å².